The molecule has 23 heavy (non-hydrogen) atoms. The van der Waals surface area contributed by atoms with Gasteiger partial charge in [0.05, 0.1) is 4.90 Å². The van der Waals surface area contributed by atoms with Gasteiger partial charge in [-0.2, -0.15) is 8.78 Å². The molecule has 0 saturated heterocycles. The third-order valence-corrected chi connectivity index (χ3v) is 5.14. The van der Waals surface area contributed by atoms with Gasteiger partial charge in [-0.25, -0.2) is 13.1 Å². The van der Waals surface area contributed by atoms with Gasteiger partial charge < -0.3 is 4.74 Å². The van der Waals surface area contributed by atoms with E-state index in [1.807, 2.05) is 0 Å². The van der Waals surface area contributed by atoms with Gasteiger partial charge in [0, 0.05) is 16.1 Å². The summed E-state index contributed by atoms with van der Waals surface area (Å²) in [5.41, 5.74) is 0.327. The number of ether oxygens (including phenoxy) is 1. The van der Waals surface area contributed by atoms with Crippen LogP contribution in [0.1, 0.15) is 18.5 Å². The second kappa shape index (κ2) is 7.37. The highest BCUT2D eigenvalue weighted by Crippen LogP contribution is 2.27. The second-order valence-electron chi connectivity index (χ2n) is 4.71. The highest BCUT2D eigenvalue weighted by Gasteiger charge is 2.21. The van der Waals surface area contributed by atoms with Crippen molar-refractivity contribution in [1.82, 2.24) is 4.72 Å². The Labute approximate surface area is 141 Å². The first-order valence-electron chi connectivity index (χ1n) is 6.61. The van der Waals surface area contributed by atoms with Crippen molar-refractivity contribution in [1.29, 1.82) is 0 Å². The molecule has 0 spiro atoms. The molecule has 0 aliphatic carbocycles. The van der Waals surface area contributed by atoms with Crippen LogP contribution in [-0.2, 0) is 10.0 Å². The molecule has 124 valence electrons. The van der Waals surface area contributed by atoms with Gasteiger partial charge in [-0.05, 0) is 37.3 Å². The molecule has 0 aromatic heterocycles. The zero-order chi connectivity index (χ0) is 17.0. The molecule has 0 aliphatic heterocycles. The highest BCUT2D eigenvalue weighted by atomic mass is 79.9. The number of nitrogens with one attached hydrogen (secondary N) is 1. The number of halogens is 3. The predicted octanol–water partition coefficient (Wildman–Crippen LogP) is 4.09. The summed E-state index contributed by atoms with van der Waals surface area (Å²) in [6.07, 6.45) is 0. The average Bonchev–Trinajstić information content (AvgIpc) is 2.47. The maximum atomic E-state index is 12.4. The van der Waals surface area contributed by atoms with E-state index in [0.717, 1.165) is 4.47 Å². The molecule has 1 unspecified atom stereocenters. The molecule has 2 rings (SSSR count). The van der Waals surface area contributed by atoms with Crippen LogP contribution in [0.4, 0.5) is 8.78 Å². The lowest BCUT2D eigenvalue weighted by molar-refractivity contribution is -0.0506. The quantitative estimate of drug-likeness (QED) is 0.787. The number of hydrogen-bond donors (Lipinski definition) is 1. The third-order valence-electron chi connectivity index (χ3n) is 3.06. The molecule has 0 fully saturated rings. The molecule has 0 radical (unpaired) electrons. The Balaban J connectivity index is 2.24. The van der Waals surface area contributed by atoms with Crippen LogP contribution in [0.3, 0.4) is 0 Å². The van der Waals surface area contributed by atoms with Crippen molar-refractivity contribution < 1.29 is 21.9 Å². The van der Waals surface area contributed by atoms with E-state index in [2.05, 4.69) is 25.4 Å². The second-order valence-corrected chi connectivity index (χ2v) is 7.34. The number of para-hydroxylation sites is 1. The van der Waals surface area contributed by atoms with E-state index in [1.165, 1.54) is 30.3 Å². The van der Waals surface area contributed by atoms with Crippen LogP contribution in [-0.4, -0.2) is 15.0 Å². The normalized spacial score (nSPS) is 13.1. The van der Waals surface area contributed by atoms with Crippen LogP contribution in [0.2, 0.25) is 0 Å². The van der Waals surface area contributed by atoms with Crippen molar-refractivity contribution in [2.24, 2.45) is 0 Å². The summed E-state index contributed by atoms with van der Waals surface area (Å²) in [5.74, 6) is -0.0616. The van der Waals surface area contributed by atoms with Gasteiger partial charge >= 0.3 is 6.61 Å². The molecule has 4 nitrogen and oxygen atoms in total. The predicted molar refractivity (Wildman–Crippen MR) is 86.0 cm³/mol. The number of hydrogen-bond acceptors (Lipinski definition) is 3. The molecular formula is C15H14BrF2NO3S. The van der Waals surface area contributed by atoms with Crippen molar-refractivity contribution in [3.8, 4) is 5.75 Å². The maximum absolute atomic E-state index is 12.4. The van der Waals surface area contributed by atoms with Gasteiger partial charge in [0.1, 0.15) is 5.75 Å². The first-order valence-corrected chi connectivity index (χ1v) is 8.89. The zero-order valence-electron chi connectivity index (χ0n) is 12.0. The minimum Gasteiger partial charge on any atom is -0.434 e. The van der Waals surface area contributed by atoms with Crippen LogP contribution in [0, 0.1) is 0 Å². The highest BCUT2D eigenvalue weighted by molar-refractivity contribution is 9.10. The summed E-state index contributed by atoms with van der Waals surface area (Å²) in [6, 6.07) is 11.4. The summed E-state index contributed by atoms with van der Waals surface area (Å²) in [6.45, 7) is -1.42. The largest absolute Gasteiger partial charge is 0.434 e. The first-order chi connectivity index (χ1) is 10.8. The van der Waals surface area contributed by atoms with Gasteiger partial charge in [-0.15, -0.1) is 0 Å². The Hall–Kier alpha value is -1.51. The van der Waals surface area contributed by atoms with Gasteiger partial charge in [0.15, 0.2) is 0 Å². The van der Waals surface area contributed by atoms with Crippen LogP contribution in [0.25, 0.3) is 0 Å². The number of alkyl halides is 2. The average molecular weight is 406 g/mol. The first kappa shape index (κ1) is 17.8. The van der Waals surface area contributed by atoms with E-state index in [9.17, 15) is 17.2 Å². The lowest BCUT2D eigenvalue weighted by Crippen LogP contribution is -2.27. The molecule has 2 aromatic rings. The molecule has 0 bridgehead atoms. The Morgan fingerprint density at radius 3 is 2.30 bits per heavy atom. The third kappa shape index (κ3) is 4.73. The SMILES string of the molecule is CC(NS(=O)(=O)c1ccc(Br)cc1)c1ccccc1OC(F)F. The van der Waals surface area contributed by atoms with E-state index in [1.54, 1.807) is 25.1 Å². The van der Waals surface area contributed by atoms with Crippen molar-refractivity contribution in [2.75, 3.05) is 0 Å². The van der Waals surface area contributed by atoms with E-state index in [-0.39, 0.29) is 10.6 Å². The smallest absolute Gasteiger partial charge is 0.387 e. The molecular weight excluding hydrogens is 392 g/mol. The zero-order valence-corrected chi connectivity index (χ0v) is 14.4. The van der Waals surface area contributed by atoms with Crippen molar-refractivity contribution in [3.05, 3.63) is 58.6 Å². The molecule has 1 atom stereocenters. The van der Waals surface area contributed by atoms with Gasteiger partial charge in [-0.1, -0.05) is 34.1 Å². The number of rotatable bonds is 6. The van der Waals surface area contributed by atoms with E-state index in [0.29, 0.717) is 5.56 Å². The minimum absolute atomic E-state index is 0.0616. The molecule has 0 amide bonds. The number of benzene rings is 2. The Morgan fingerprint density at radius 1 is 1.09 bits per heavy atom. The van der Waals surface area contributed by atoms with Gasteiger partial charge in [-0.3, -0.25) is 0 Å². The Bertz CT molecular complexity index is 767. The Morgan fingerprint density at radius 2 is 1.70 bits per heavy atom. The molecule has 2 aromatic carbocycles. The van der Waals surface area contributed by atoms with Gasteiger partial charge in [0.25, 0.3) is 0 Å². The molecule has 0 aliphatic rings. The van der Waals surface area contributed by atoms with Crippen LogP contribution in [0.15, 0.2) is 57.9 Å². The van der Waals surface area contributed by atoms with E-state index in [4.69, 9.17) is 0 Å². The van der Waals surface area contributed by atoms with Crippen LogP contribution in [0.5, 0.6) is 5.75 Å². The fraction of sp³-hybridized carbons (Fsp3) is 0.200. The standard InChI is InChI=1S/C15H14BrF2NO3S/c1-10(13-4-2-3-5-14(13)22-15(17)18)19-23(20,21)12-8-6-11(16)7-9-12/h2-10,15,19H,1H3. The van der Waals surface area contributed by atoms with Crippen molar-refractivity contribution >= 4 is 26.0 Å². The molecule has 1 N–H and O–H groups in total. The summed E-state index contributed by atoms with van der Waals surface area (Å²) in [7, 11) is -3.78. The van der Waals surface area contributed by atoms with Crippen molar-refractivity contribution in [2.45, 2.75) is 24.5 Å². The maximum Gasteiger partial charge on any atom is 0.387 e. The fourth-order valence-electron chi connectivity index (χ4n) is 2.02. The van der Waals surface area contributed by atoms with Crippen LogP contribution < -0.4 is 9.46 Å². The minimum atomic E-state index is -3.78. The van der Waals surface area contributed by atoms with Crippen LogP contribution >= 0.6 is 15.9 Å². The number of sulfonamides is 1. The molecule has 0 saturated carbocycles. The topological polar surface area (TPSA) is 55.4 Å². The van der Waals surface area contributed by atoms with Crippen molar-refractivity contribution in [3.63, 3.8) is 0 Å². The summed E-state index contributed by atoms with van der Waals surface area (Å²) < 4.78 is 57.2. The monoisotopic (exact) mass is 405 g/mol. The Kier molecular flexibility index (Phi) is 5.72. The summed E-state index contributed by atoms with van der Waals surface area (Å²) >= 11 is 3.23. The summed E-state index contributed by atoms with van der Waals surface area (Å²) in [4.78, 5) is 0.0832. The fourth-order valence-corrected chi connectivity index (χ4v) is 3.51. The lowest BCUT2D eigenvalue weighted by Gasteiger charge is -2.18. The molecule has 0 heterocycles. The summed E-state index contributed by atoms with van der Waals surface area (Å²) in [5, 5.41) is 0. The van der Waals surface area contributed by atoms with E-state index >= 15 is 0 Å². The lowest BCUT2D eigenvalue weighted by atomic mass is 10.1. The molecule has 8 heteroatoms. The van der Waals surface area contributed by atoms with Gasteiger partial charge in [0.2, 0.25) is 10.0 Å². The van der Waals surface area contributed by atoms with E-state index < -0.39 is 22.7 Å².